The van der Waals surface area contributed by atoms with E-state index in [1.165, 1.54) is 31.4 Å². The van der Waals surface area contributed by atoms with Crippen molar-refractivity contribution in [1.29, 1.82) is 0 Å². The van der Waals surface area contributed by atoms with Crippen LogP contribution in [0, 0.1) is 0 Å². The monoisotopic (exact) mass is 438 g/mol. The Morgan fingerprint density at radius 2 is 1.81 bits per heavy atom. The van der Waals surface area contributed by atoms with E-state index in [0.717, 1.165) is 6.07 Å². The van der Waals surface area contributed by atoms with Gasteiger partial charge < -0.3 is 39.1 Å². The number of ether oxygens (including phenoxy) is 3. The van der Waals surface area contributed by atoms with Crippen molar-refractivity contribution in [3.05, 3.63) is 58.3 Å². The molecule has 4 N–H and O–H groups in total. The lowest BCUT2D eigenvalue weighted by molar-refractivity contribution is -0.0117. The van der Waals surface area contributed by atoms with Gasteiger partial charge in [-0.25, -0.2) is 0 Å². The standard InChI is InChI=1S/C23H18O9/c1-29-16-6-10(2-4-13(16)26)21-18(9-24)32-23-15(30-21)5-3-12-20(28)19-14(27)7-11(25)8-17(19)31-22(12)23/h2-8,18,21,24-27H,9H2,1H3. The smallest absolute Gasteiger partial charge is 0.205 e. The molecule has 0 spiro atoms. The number of fused-ring (bicyclic) bond motifs is 4. The molecule has 0 saturated carbocycles. The molecule has 2 heterocycles. The summed E-state index contributed by atoms with van der Waals surface area (Å²) in [6, 6.07) is 9.96. The van der Waals surface area contributed by atoms with Crippen molar-refractivity contribution in [2.24, 2.45) is 0 Å². The van der Waals surface area contributed by atoms with Gasteiger partial charge in [0.1, 0.15) is 22.5 Å². The molecule has 9 nitrogen and oxygen atoms in total. The lowest BCUT2D eigenvalue weighted by atomic mass is 10.0. The van der Waals surface area contributed by atoms with Gasteiger partial charge in [0, 0.05) is 17.7 Å². The van der Waals surface area contributed by atoms with Crippen LogP contribution in [0.2, 0.25) is 0 Å². The van der Waals surface area contributed by atoms with E-state index < -0.39 is 30.0 Å². The van der Waals surface area contributed by atoms with Crippen LogP contribution in [0.1, 0.15) is 11.7 Å². The van der Waals surface area contributed by atoms with Crippen LogP contribution in [-0.2, 0) is 0 Å². The largest absolute Gasteiger partial charge is 0.508 e. The molecule has 32 heavy (non-hydrogen) atoms. The molecule has 3 aromatic carbocycles. The summed E-state index contributed by atoms with van der Waals surface area (Å²) in [6.07, 6.45) is -1.60. The number of methoxy groups -OCH3 is 1. The zero-order valence-corrected chi connectivity index (χ0v) is 16.7. The van der Waals surface area contributed by atoms with Gasteiger partial charge in [-0.15, -0.1) is 0 Å². The van der Waals surface area contributed by atoms with Gasteiger partial charge in [0.15, 0.2) is 35.0 Å². The molecule has 0 saturated heterocycles. The fourth-order valence-electron chi connectivity index (χ4n) is 3.88. The molecule has 0 bridgehead atoms. The van der Waals surface area contributed by atoms with E-state index >= 15 is 0 Å². The van der Waals surface area contributed by atoms with E-state index in [2.05, 4.69) is 0 Å². The van der Waals surface area contributed by atoms with Gasteiger partial charge in [-0.1, -0.05) is 6.07 Å². The molecule has 1 aliphatic heterocycles. The summed E-state index contributed by atoms with van der Waals surface area (Å²) in [6.45, 7) is -0.414. The zero-order chi connectivity index (χ0) is 22.6. The molecule has 2 unspecified atom stereocenters. The number of aliphatic hydroxyl groups is 1. The quantitative estimate of drug-likeness (QED) is 0.356. The fourth-order valence-corrected chi connectivity index (χ4v) is 3.88. The van der Waals surface area contributed by atoms with Crippen LogP contribution in [0.15, 0.2) is 51.7 Å². The number of aromatic hydroxyl groups is 3. The number of hydrogen-bond acceptors (Lipinski definition) is 9. The molecule has 9 heteroatoms. The van der Waals surface area contributed by atoms with Crippen molar-refractivity contribution in [1.82, 2.24) is 0 Å². The molecule has 1 aliphatic rings. The van der Waals surface area contributed by atoms with Gasteiger partial charge in [0.2, 0.25) is 11.2 Å². The minimum atomic E-state index is -0.860. The highest BCUT2D eigenvalue weighted by Crippen LogP contribution is 2.45. The second kappa shape index (κ2) is 7.24. The lowest BCUT2D eigenvalue weighted by Gasteiger charge is -2.33. The van der Waals surface area contributed by atoms with Crippen molar-refractivity contribution < 1.29 is 39.1 Å². The molecule has 0 amide bonds. The highest BCUT2D eigenvalue weighted by Gasteiger charge is 2.35. The normalized spacial score (nSPS) is 17.6. The Balaban J connectivity index is 1.68. The van der Waals surface area contributed by atoms with Crippen molar-refractivity contribution >= 4 is 21.9 Å². The topological polar surface area (TPSA) is 139 Å². The maximum absolute atomic E-state index is 13.0. The van der Waals surface area contributed by atoms with Gasteiger partial charge >= 0.3 is 0 Å². The Bertz CT molecular complexity index is 1420. The van der Waals surface area contributed by atoms with E-state index in [9.17, 15) is 25.2 Å². The Morgan fingerprint density at radius 3 is 2.56 bits per heavy atom. The van der Waals surface area contributed by atoms with E-state index in [0.29, 0.717) is 5.56 Å². The van der Waals surface area contributed by atoms with E-state index in [4.69, 9.17) is 18.6 Å². The third-order valence-corrected chi connectivity index (χ3v) is 5.40. The van der Waals surface area contributed by atoms with Crippen LogP contribution in [0.5, 0.6) is 34.5 Å². The Hall–Kier alpha value is -4.11. The summed E-state index contributed by atoms with van der Waals surface area (Å²) in [5, 5.41) is 39.8. The average molecular weight is 438 g/mol. The van der Waals surface area contributed by atoms with E-state index in [-0.39, 0.29) is 50.7 Å². The number of benzene rings is 3. The molecule has 4 aromatic rings. The third kappa shape index (κ3) is 2.94. The van der Waals surface area contributed by atoms with Gasteiger partial charge in [0.05, 0.1) is 19.1 Å². The Morgan fingerprint density at radius 1 is 1.00 bits per heavy atom. The Labute approximate surface area is 180 Å². The highest BCUT2D eigenvalue weighted by atomic mass is 16.6. The van der Waals surface area contributed by atoms with Gasteiger partial charge in [-0.05, 0) is 24.3 Å². The first-order valence-corrected chi connectivity index (χ1v) is 9.68. The van der Waals surface area contributed by atoms with Crippen LogP contribution < -0.4 is 19.6 Å². The second-order valence-electron chi connectivity index (χ2n) is 7.35. The van der Waals surface area contributed by atoms with E-state index in [1.807, 2.05) is 0 Å². The lowest BCUT2D eigenvalue weighted by Crippen LogP contribution is -2.36. The third-order valence-electron chi connectivity index (χ3n) is 5.40. The number of phenols is 3. The van der Waals surface area contributed by atoms with Crippen LogP contribution in [0.3, 0.4) is 0 Å². The minimum Gasteiger partial charge on any atom is -0.508 e. The molecular formula is C23H18O9. The summed E-state index contributed by atoms with van der Waals surface area (Å²) < 4.78 is 23.0. The predicted octanol–water partition coefficient (Wildman–Crippen LogP) is 2.95. The van der Waals surface area contributed by atoms with Crippen molar-refractivity contribution in [2.75, 3.05) is 13.7 Å². The predicted molar refractivity (Wildman–Crippen MR) is 113 cm³/mol. The van der Waals surface area contributed by atoms with Crippen LogP contribution in [0.25, 0.3) is 21.9 Å². The molecule has 0 fully saturated rings. The minimum absolute atomic E-state index is 0.0251. The first kappa shape index (κ1) is 19.8. The maximum Gasteiger partial charge on any atom is 0.205 e. The van der Waals surface area contributed by atoms with Crippen molar-refractivity contribution in [3.63, 3.8) is 0 Å². The molecule has 164 valence electrons. The molecule has 0 radical (unpaired) electrons. The van der Waals surface area contributed by atoms with Gasteiger partial charge in [0.25, 0.3) is 0 Å². The summed E-state index contributed by atoms with van der Waals surface area (Å²) in [5.41, 5.74) is 0.128. The van der Waals surface area contributed by atoms with Crippen LogP contribution in [-0.4, -0.2) is 40.2 Å². The first-order valence-electron chi connectivity index (χ1n) is 9.68. The maximum atomic E-state index is 13.0. The molecular weight excluding hydrogens is 420 g/mol. The van der Waals surface area contributed by atoms with Crippen molar-refractivity contribution in [3.8, 4) is 34.5 Å². The zero-order valence-electron chi connectivity index (χ0n) is 16.7. The van der Waals surface area contributed by atoms with Gasteiger partial charge in [-0.3, -0.25) is 4.79 Å². The average Bonchev–Trinajstić information content (AvgIpc) is 2.78. The molecule has 2 atom stereocenters. The van der Waals surface area contributed by atoms with E-state index in [1.54, 1.807) is 12.1 Å². The molecule has 1 aromatic heterocycles. The first-order chi connectivity index (χ1) is 15.4. The SMILES string of the molecule is COc1cc(C2Oc3ccc4c(=O)c5c(O)cc(O)cc5oc4c3OC2CO)ccc1O. The number of phenolic OH excluding ortho intramolecular Hbond substituents is 3. The Kier molecular flexibility index (Phi) is 4.49. The summed E-state index contributed by atoms with van der Waals surface area (Å²) >= 11 is 0. The summed E-state index contributed by atoms with van der Waals surface area (Å²) in [5.74, 6) is -0.0880. The number of rotatable bonds is 3. The molecule has 5 rings (SSSR count). The number of aliphatic hydroxyl groups excluding tert-OH is 1. The van der Waals surface area contributed by atoms with Crippen LogP contribution >= 0.6 is 0 Å². The summed E-state index contributed by atoms with van der Waals surface area (Å²) in [4.78, 5) is 13.0. The van der Waals surface area contributed by atoms with Crippen molar-refractivity contribution in [2.45, 2.75) is 12.2 Å². The summed E-state index contributed by atoms with van der Waals surface area (Å²) in [7, 11) is 1.42. The fraction of sp³-hybridized carbons (Fsp3) is 0.174. The van der Waals surface area contributed by atoms with Crippen LogP contribution in [0.4, 0.5) is 0 Å². The van der Waals surface area contributed by atoms with Gasteiger partial charge in [-0.2, -0.15) is 0 Å². The number of hydrogen-bond donors (Lipinski definition) is 4. The molecule has 0 aliphatic carbocycles. The second-order valence-corrected chi connectivity index (χ2v) is 7.35. The highest BCUT2D eigenvalue weighted by molar-refractivity contribution is 5.96.